The summed E-state index contributed by atoms with van der Waals surface area (Å²) in [7, 11) is 0. The van der Waals surface area contributed by atoms with Crippen LogP contribution >= 0.6 is 0 Å². The van der Waals surface area contributed by atoms with Gasteiger partial charge in [0.05, 0.1) is 0 Å². The van der Waals surface area contributed by atoms with Crippen LogP contribution in [-0.4, -0.2) is 0 Å². The summed E-state index contributed by atoms with van der Waals surface area (Å²) in [6.45, 7) is 0.609. The van der Waals surface area contributed by atoms with Gasteiger partial charge in [-0.2, -0.15) is 0 Å². The van der Waals surface area contributed by atoms with Crippen LogP contribution in [0.5, 0.6) is 0 Å². The molecular weight excluding hydrogens is 184 g/mol. The van der Waals surface area contributed by atoms with Crippen LogP contribution in [-0.2, 0) is 12.1 Å². The minimum absolute atomic E-state index is 0.0780. The molecule has 1 aromatic carbocycles. The van der Waals surface area contributed by atoms with Crippen molar-refractivity contribution in [1.82, 2.24) is 0 Å². The van der Waals surface area contributed by atoms with E-state index in [-0.39, 0.29) is 5.54 Å². The number of rotatable bonds is 2. The van der Waals surface area contributed by atoms with Crippen molar-refractivity contribution in [2.45, 2.75) is 44.2 Å². The van der Waals surface area contributed by atoms with Gasteiger partial charge in [-0.25, -0.2) is 0 Å². The second-order valence-electron chi connectivity index (χ2n) is 4.62. The molecule has 0 unspecified atom stereocenters. The van der Waals surface area contributed by atoms with Crippen LogP contribution in [0.25, 0.3) is 0 Å². The highest BCUT2D eigenvalue weighted by Crippen LogP contribution is 2.34. The minimum atomic E-state index is -0.0780. The SMILES string of the molecule is NCc1ccc(C2(N)CCCCC2)cc1. The van der Waals surface area contributed by atoms with Gasteiger partial charge in [0, 0.05) is 12.1 Å². The molecule has 0 radical (unpaired) electrons. The molecule has 4 N–H and O–H groups in total. The van der Waals surface area contributed by atoms with E-state index in [0.717, 1.165) is 12.8 Å². The second kappa shape index (κ2) is 4.33. The third-order valence-electron chi connectivity index (χ3n) is 3.51. The van der Waals surface area contributed by atoms with Crippen molar-refractivity contribution in [3.63, 3.8) is 0 Å². The molecule has 0 heterocycles. The lowest BCUT2D eigenvalue weighted by atomic mass is 9.77. The van der Waals surface area contributed by atoms with Gasteiger partial charge in [0.15, 0.2) is 0 Å². The van der Waals surface area contributed by atoms with Crippen LogP contribution in [0.15, 0.2) is 24.3 Å². The quantitative estimate of drug-likeness (QED) is 0.776. The Morgan fingerprint density at radius 1 is 1.00 bits per heavy atom. The second-order valence-corrected chi connectivity index (χ2v) is 4.62. The van der Waals surface area contributed by atoms with E-state index in [4.69, 9.17) is 11.5 Å². The third-order valence-corrected chi connectivity index (χ3v) is 3.51. The van der Waals surface area contributed by atoms with Gasteiger partial charge in [-0.05, 0) is 24.0 Å². The molecule has 2 nitrogen and oxygen atoms in total. The number of nitrogens with two attached hydrogens (primary N) is 2. The fourth-order valence-electron chi connectivity index (χ4n) is 2.44. The van der Waals surface area contributed by atoms with E-state index in [1.165, 1.54) is 30.4 Å². The lowest BCUT2D eigenvalue weighted by Gasteiger charge is -2.34. The number of hydrogen-bond acceptors (Lipinski definition) is 2. The predicted molar refractivity (Wildman–Crippen MR) is 63.3 cm³/mol. The molecule has 82 valence electrons. The summed E-state index contributed by atoms with van der Waals surface area (Å²) in [6.07, 6.45) is 6.09. The zero-order valence-electron chi connectivity index (χ0n) is 9.21. The van der Waals surface area contributed by atoms with Gasteiger partial charge in [0.1, 0.15) is 0 Å². The topological polar surface area (TPSA) is 52.0 Å². The first kappa shape index (κ1) is 10.7. The third kappa shape index (κ3) is 2.21. The highest BCUT2D eigenvalue weighted by atomic mass is 14.7. The van der Waals surface area contributed by atoms with E-state index < -0.39 is 0 Å². The van der Waals surface area contributed by atoms with Gasteiger partial charge in [-0.1, -0.05) is 43.5 Å². The standard InChI is InChI=1S/C13H20N2/c14-10-11-4-6-12(7-5-11)13(15)8-2-1-3-9-13/h4-7H,1-3,8-10,14-15H2. The smallest absolute Gasteiger partial charge is 0.0409 e. The van der Waals surface area contributed by atoms with Gasteiger partial charge in [-0.3, -0.25) is 0 Å². The Hall–Kier alpha value is -0.860. The maximum Gasteiger partial charge on any atom is 0.0409 e. The normalized spacial score (nSPS) is 20.1. The number of benzene rings is 1. The Morgan fingerprint density at radius 2 is 1.60 bits per heavy atom. The van der Waals surface area contributed by atoms with E-state index in [9.17, 15) is 0 Å². The lowest BCUT2D eigenvalue weighted by molar-refractivity contribution is 0.302. The monoisotopic (exact) mass is 204 g/mol. The molecule has 0 spiro atoms. The van der Waals surface area contributed by atoms with Gasteiger partial charge in [0.25, 0.3) is 0 Å². The first-order valence-electron chi connectivity index (χ1n) is 5.83. The van der Waals surface area contributed by atoms with Crippen molar-refractivity contribution >= 4 is 0 Å². The Morgan fingerprint density at radius 3 is 2.13 bits per heavy atom. The highest BCUT2D eigenvalue weighted by Gasteiger charge is 2.28. The maximum absolute atomic E-state index is 6.44. The van der Waals surface area contributed by atoms with Crippen LogP contribution in [0.4, 0.5) is 0 Å². The molecule has 1 aromatic rings. The summed E-state index contributed by atoms with van der Waals surface area (Å²) >= 11 is 0. The Bertz CT molecular complexity index is 310. The molecule has 1 aliphatic rings. The first-order valence-corrected chi connectivity index (χ1v) is 5.83. The molecule has 0 atom stereocenters. The highest BCUT2D eigenvalue weighted by molar-refractivity contribution is 5.28. The summed E-state index contributed by atoms with van der Waals surface area (Å²) in [5.74, 6) is 0. The Labute approximate surface area is 91.7 Å². The van der Waals surface area contributed by atoms with Gasteiger partial charge in [0.2, 0.25) is 0 Å². The molecule has 1 saturated carbocycles. The summed E-state index contributed by atoms with van der Waals surface area (Å²) in [6, 6.07) is 8.48. The Kier molecular flexibility index (Phi) is 3.08. The molecule has 2 heteroatoms. The zero-order valence-corrected chi connectivity index (χ0v) is 9.21. The summed E-state index contributed by atoms with van der Waals surface area (Å²) in [4.78, 5) is 0. The van der Waals surface area contributed by atoms with Crippen LogP contribution < -0.4 is 11.5 Å². The van der Waals surface area contributed by atoms with Crippen molar-refractivity contribution in [3.05, 3.63) is 35.4 Å². The van der Waals surface area contributed by atoms with E-state index in [0.29, 0.717) is 6.54 Å². The van der Waals surface area contributed by atoms with Crippen LogP contribution in [0.2, 0.25) is 0 Å². The zero-order chi connectivity index (χ0) is 10.7. The molecule has 2 rings (SSSR count). The van der Waals surface area contributed by atoms with E-state index in [2.05, 4.69) is 24.3 Å². The molecule has 0 amide bonds. The van der Waals surface area contributed by atoms with Gasteiger partial charge < -0.3 is 11.5 Å². The van der Waals surface area contributed by atoms with Crippen molar-refractivity contribution in [1.29, 1.82) is 0 Å². The average Bonchev–Trinajstić information content (AvgIpc) is 2.30. The molecule has 0 bridgehead atoms. The van der Waals surface area contributed by atoms with Crippen molar-refractivity contribution in [2.75, 3.05) is 0 Å². The van der Waals surface area contributed by atoms with Gasteiger partial charge >= 0.3 is 0 Å². The van der Waals surface area contributed by atoms with Crippen molar-refractivity contribution in [3.8, 4) is 0 Å². The predicted octanol–water partition coefficient (Wildman–Crippen LogP) is 2.26. The summed E-state index contributed by atoms with van der Waals surface area (Å²) in [5, 5.41) is 0. The molecule has 1 fully saturated rings. The largest absolute Gasteiger partial charge is 0.326 e. The van der Waals surface area contributed by atoms with E-state index >= 15 is 0 Å². The molecule has 0 aliphatic heterocycles. The lowest BCUT2D eigenvalue weighted by Crippen LogP contribution is -2.38. The minimum Gasteiger partial charge on any atom is -0.326 e. The maximum atomic E-state index is 6.44. The Balaban J connectivity index is 2.20. The van der Waals surface area contributed by atoms with Crippen LogP contribution in [0.3, 0.4) is 0 Å². The van der Waals surface area contributed by atoms with Crippen molar-refractivity contribution < 1.29 is 0 Å². The number of hydrogen-bond donors (Lipinski definition) is 2. The first-order chi connectivity index (χ1) is 7.24. The van der Waals surface area contributed by atoms with E-state index in [1.807, 2.05) is 0 Å². The molecule has 0 saturated heterocycles. The molecular formula is C13H20N2. The van der Waals surface area contributed by atoms with Crippen LogP contribution in [0, 0.1) is 0 Å². The molecule has 1 aliphatic carbocycles. The fourth-order valence-corrected chi connectivity index (χ4v) is 2.44. The molecule has 15 heavy (non-hydrogen) atoms. The summed E-state index contributed by atoms with van der Waals surface area (Å²) < 4.78 is 0. The van der Waals surface area contributed by atoms with Crippen molar-refractivity contribution in [2.24, 2.45) is 11.5 Å². The molecule has 0 aromatic heterocycles. The fraction of sp³-hybridized carbons (Fsp3) is 0.538. The summed E-state index contributed by atoms with van der Waals surface area (Å²) in [5.41, 5.74) is 14.4. The van der Waals surface area contributed by atoms with Gasteiger partial charge in [-0.15, -0.1) is 0 Å². The average molecular weight is 204 g/mol. The van der Waals surface area contributed by atoms with Crippen LogP contribution in [0.1, 0.15) is 43.2 Å². The van der Waals surface area contributed by atoms with E-state index in [1.54, 1.807) is 0 Å².